The lowest BCUT2D eigenvalue weighted by atomic mass is 9.98. The van der Waals surface area contributed by atoms with Crippen LogP contribution in [0, 0.1) is 13.8 Å². The summed E-state index contributed by atoms with van der Waals surface area (Å²) in [5, 5.41) is 8.49. The Morgan fingerprint density at radius 3 is 1.43 bits per heavy atom. The SMILES string of the molecule is Cc1ccc(C2=NO[Si](C)(Cl)ON=C2c2ccc(C)cc2)cc1. The van der Waals surface area contributed by atoms with Crippen LogP contribution in [0.1, 0.15) is 22.3 Å². The molecule has 4 nitrogen and oxygen atoms in total. The average Bonchev–Trinajstić information content (AvgIpc) is 2.68. The van der Waals surface area contributed by atoms with Crippen molar-refractivity contribution in [3.05, 3.63) is 70.8 Å². The molecule has 0 saturated heterocycles. The van der Waals surface area contributed by atoms with Crippen LogP contribution in [0.15, 0.2) is 58.8 Å². The molecule has 2 aromatic rings. The third-order valence-corrected chi connectivity index (χ3v) is 4.72. The van der Waals surface area contributed by atoms with Crippen molar-refractivity contribution in [3.8, 4) is 0 Å². The molecule has 3 rings (SSSR count). The lowest BCUT2D eigenvalue weighted by molar-refractivity contribution is 0.212. The first-order chi connectivity index (χ1) is 10.9. The molecule has 0 aromatic heterocycles. The summed E-state index contributed by atoms with van der Waals surface area (Å²) in [4.78, 5) is 0. The number of halogens is 1. The highest BCUT2D eigenvalue weighted by Gasteiger charge is 2.37. The fraction of sp³-hybridized carbons (Fsp3) is 0.176. The maximum Gasteiger partial charge on any atom is 0.608 e. The van der Waals surface area contributed by atoms with Crippen molar-refractivity contribution < 1.29 is 9.05 Å². The Labute approximate surface area is 141 Å². The molecular formula is C17H17ClN2O2Si. The van der Waals surface area contributed by atoms with E-state index in [0.717, 1.165) is 11.1 Å². The highest BCUT2D eigenvalue weighted by molar-refractivity contribution is 7.12. The molecule has 2 aromatic carbocycles. The van der Waals surface area contributed by atoms with Crippen molar-refractivity contribution in [3.63, 3.8) is 0 Å². The van der Waals surface area contributed by atoms with E-state index in [1.807, 2.05) is 62.4 Å². The van der Waals surface area contributed by atoms with Gasteiger partial charge >= 0.3 is 7.87 Å². The maximum atomic E-state index is 6.21. The van der Waals surface area contributed by atoms with Crippen molar-refractivity contribution in [2.75, 3.05) is 0 Å². The van der Waals surface area contributed by atoms with E-state index in [1.54, 1.807) is 6.55 Å². The normalized spacial score (nSPS) is 16.5. The number of rotatable bonds is 2. The lowest BCUT2D eigenvalue weighted by Crippen LogP contribution is -2.26. The van der Waals surface area contributed by atoms with Gasteiger partial charge in [0.2, 0.25) is 0 Å². The highest BCUT2D eigenvalue weighted by Crippen LogP contribution is 2.21. The first-order valence-electron chi connectivity index (χ1n) is 7.30. The van der Waals surface area contributed by atoms with Crippen LogP contribution in [0.2, 0.25) is 6.55 Å². The van der Waals surface area contributed by atoms with Crippen molar-refractivity contribution in [2.45, 2.75) is 20.4 Å². The van der Waals surface area contributed by atoms with E-state index in [0.29, 0.717) is 11.4 Å². The summed E-state index contributed by atoms with van der Waals surface area (Å²) in [6.07, 6.45) is 0. The molecule has 0 saturated carbocycles. The third kappa shape index (κ3) is 3.63. The first kappa shape index (κ1) is 15.8. The van der Waals surface area contributed by atoms with E-state index in [9.17, 15) is 0 Å². The van der Waals surface area contributed by atoms with Crippen LogP contribution in [0.3, 0.4) is 0 Å². The molecule has 0 spiro atoms. The first-order valence-corrected chi connectivity index (χ1v) is 10.6. The van der Waals surface area contributed by atoms with Gasteiger partial charge in [-0.2, -0.15) is 0 Å². The fourth-order valence-electron chi connectivity index (χ4n) is 2.16. The van der Waals surface area contributed by atoms with Crippen LogP contribution in [0.5, 0.6) is 0 Å². The largest absolute Gasteiger partial charge is 0.608 e. The van der Waals surface area contributed by atoms with Crippen LogP contribution in [0.25, 0.3) is 0 Å². The molecule has 23 heavy (non-hydrogen) atoms. The number of benzene rings is 2. The Morgan fingerprint density at radius 1 is 0.739 bits per heavy atom. The monoisotopic (exact) mass is 344 g/mol. The van der Waals surface area contributed by atoms with Gasteiger partial charge in [-0.25, -0.2) is 0 Å². The summed E-state index contributed by atoms with van der Waals surface area (Å²) in [7, 11) is -2.91. The summed E-state index contributed by atoms with van der Waals surface area (Å²) in [6.45, 7) is 5.76. The number of aryl methyl sites for hydroxylation is 2. The average molecular weight is 345 g/mol. The van der Waals surface area contributed by atoms with Crippen LogP contribution in [-0.2, 0) is 9.05 Å². The topological polar surface area (TPSA) is 43.2 Å². The Bertz CT molecular complexity index is 703. The number of oxime groups is 2. The molecule has 1 heterocycles. The van der Waals surface area contributed by atoms with Crippen LogP contribution >= 0.6 is 11.1 Å². The van der Waals surface area contributed by atoms with Gasteiger partial charge in [0.15, 0.2) is 0 Å². The molecular weight excluding hydrogens is 328 g/mol. The smallest absolute Gasteiger partial charge is 0.392 e. The zero-order valence-electron chi connectivity index (χ0n) is 13.2. The third-order valence-electron chi connectivity index (χ3n) is 3.47. The molecule has 0 fully saturated rings. The van der Waals surface area contributed by atoms with Gasteiger partial charge in [-0.3, -0.25) is 0 Å². The van der Waals surface area contributed by atoms with Gasteiger partial charge in [-0.15, -0.1) is 0 Å². The van der Waals surface area contributed by atoms with Crippen LogP contribution < -0.4 is 0 Å². The second kappa shape index (κ2) is 6.18. The van der Waals surface area contributed by atoms with E-state index in [1.165, 1.54) is 11.1 Å². The summed E-state index contributed by atoms with van der Waals surface area (Å²) in [5.41, 5.74) is 5.39. The lowest BCUT2D eigenvalue weighted by Gasteiger charge is -2.10. The molecule has 0 atom stereocenters. The standard InChI is InChI=1S/C17H17ClN2O2Si/c1-12-4-8-14(9-5-12)16-17(15-10-6-13(2)7-11-15)20-22-23(3,18)21-19-16/h4-11H,1-3H3. The molecule has 0 radical (unpaired) electrons. The molecule has 0 bridgehead atoms. The van der Waals surface area contributed by atoms with Gasteiger partial charge in [0.25, 0.3) is 0 Å². The minimum atomic E-state index is -2.91. The molecule has 0 N–H and O–H groups in total. The molecule has 0 aliphatic carbocycles. The molecule has 0 amide bonds. The number of hydrogen-bond donors (Lipinski definition) is 0. The molecule has 6 heteroatoms. The van der Waals surface area contributed by atoms with Crippen LogP contribution in [0.4, 0.5) is 0 Å². The molecule has 118 valence electrons. The van der Waals surface area contributed by atoms with Gasteiger partial charge < -0.3 is 9.05 Å². The predicted octanol–water partition coefficient (Wildman–Crippen LogP) is 4.27. The zero-order valence-corrected chi connectivity index (χ0v) is 15.0. The second-order valence-corrected chi connectivity index (χ2v) is 9.72. The highest BCUT2D eigenvalue weighted by atomic mass is 35.6. The Hall–Kier alpha value is -2.11. The van der Waals surface area contributed by atoms with E-state index in [2.05, 4.69) is 10.3 Å². The second-order valence-electron chi connectivity index (χ2n) is 5.63. The van der Waals surface area contributed by atoms with Crippen molar-refractivity contribution in [2.24, 2.45) is 10.3 Å². The van der Waals surface area contributed by atoms with Gasteiger partial charge in [-0.1, -0.05) is 81.0 Å². The number of hydrogen-bond acceptors (Lipinski definition) is 4. The van der Waals surface area contributed by atoms with Crippen molar-refractivity contribution >= 4 is 30.4 Å². The van der Waals surface area contributed by atoms with E-state index in [-0.39, 0.29) is 0 Å². The maximum absolute atomic E-state index is 6.21. The summed E-state index contributed by atoms with van der Waals surface area (Å²) in [5.74, 6) is 0. The van der Waals surface area contributed by atoms with Crippen molar-refractivity contribution in [1.82, 2.24) is 0 Å². The quantitative estimate of drug-likeness (QED) is 0.603. The number of nitrogens with zero attached hydrogens (tertiary/aromatic N) is 2. The van der Waals surface area contributed by atoms with E-state index in [4.69, 9.17) is 20.1 Å². The van der Waals surface area contributed by atoms with Gasteiger partial charge in [0.1, 0.15) is 11.4 Å². The van der Waals surface area contributed by atoms with Crippen molar-refractivity contribution in [1.29, 1.82) is 0 Å². The summed E-state index contributed by atoms with van der Waals surface area (Å²) >= 11 is 6.21. The zero-order chi connectivity index (χ0) is 16.4. The Kier molecular flexibility index (Phi) is 4.24. The Balaban J connectivity index is 2.09. The van der Waals surface area contributed by atoms with Crippen LogP contribution in [-0.4, -0.2) is 19.3 Å². The fourth-order valence-corrected chi connectivity index (χ4v) is 2.91. The van der Waals surface area contributed by atoms with E-state index >= 15 is 0 Å². The molecule has 1 aliphatic heterocycles. The molecule has 0 unspecified atom stereocenters. The summed E-state index contributed by atoms with van der Waals surface area (Å²) in [6, 6.07) is 16.0. The minimum Gasteiger partial charge on any atom is -0.392 e. The Morgan fingerprint density at radius 2 is 1.09 bits per heavy atom. The molecule has 1 aliphatic rings. The van der Waals surface area contributed by atoms with Gasteiger partial charge in [0.05, 0.1) is 0 Å². The van der Waals surface area contributed by atoms with E-state index < -0.39 is 7.87 Å². The summed E-state index contributed by atoms with van der Waals surface area (Å²) < 4.78 is 10.8. The predicted molar refractivity (Wildman–Crippen MR) is 95.1 cm³/mol. The minimum absolute atomic E-state index is 0.616. The van der Waals surface area contributed by atoms with Gasteiger partial charge in [-0.05, 0) is 13.8 Å². The van der Waals surface area contributed by atoms with Gasteiger partial charge in [0, 0.05) is 17.7 Å².